The van der Waals surface area contributed by atoms with Crippen LogP contribution in [0, 0.1) is 0 Å². The first kappa shape index (κ1) is 18.5. The highest BCUT2D eigenvalue weighted by atomic mass is 15.4. The van der Waals surface area contributed by atoms with Gasteiger partial charge in [0.2, 0.25) is 5.96 Å². The summed E-state index contributed by atoms with van der Waals surface area (Å²) < 4.78 is 0. The molecule has 6 heteroatoms. The van der Waals surface area contributed by atoms with Crippen LogP contribution in [0.25, 0.3) is 0 Å². The average molecular weight is 393 g/mol. The van der Waals surface area contributed by atoms with E-state index in [9.17, 15) is 0 Å². The van der Waals surface area contributed by atoms with Crippen LogP contribution >= 0.6 is 0 Å². The maximum Gasteiger partial charge on any atom is 0.203 e. The predicted octanol–water partition coefficient (Wildman–Crippen LogP) is 4.21. The number of guanidine groups is 1. The minimum Gasteiger partial charge on any atom is -0.370 e. The fourth-order valence-corrected chi connectivity index (χ4v) is 5.03. The zero-order valence-corrected chi connectivity index (χ0v) is 17.4. The molecule has 0 aromatic carbocycles. The summed E-state index contributed by atoms with van der Waals surface area (Å²) in [6.45, 7) is 4.54. The van der Waals surface area contributed by atoms with E-state index < -0.39 is 0 Å². The average Bonchev–Trinajstić information content (AvgIpc) is 3.48. The smallest absolute Gasteiger partial charge is 0.203 e. The lowest BCUT2D eigenvalue weighted by Gasteiger charge is -2.43. The van der Waals surface area contributed by atoms with E-state index in [0.29, 0.717) is 6.04 Å². The van der Waals surface area contributed by atoms with Crippen molar-refractivity contribution in [3.05, 3.63) is 41.9 Å². The molecule has 2 fully saturated rings. The molecule has 1 unspecified atom stereocenters. The molecule has 1 saturated carbocycles. The Morgan fingerprint density at radius 3 is 2.69 bits per heavy atom. The van der Waals surface area contributed by atoms with Crippen LogP contribution in [0.15, 0.2) is 46.9 Å². The summed E-state index contributed by atoms with van der Waals surface area (Å²) in [5.41, 5.74) is 4.09. The Morgan fingerprint density at radius 2 is 1.97 bits per heavy atom. The highest BCUT2D eigenvalue weighted by molar-refractivity contribution is 5.94. The first-order chi connectivity index (χ1) is 14.3. The van der Waals surface area contributed by atoms with Crippen molar-refractivity contribution >= 4 is 17.5 Å². The standard InChI is InChI=1S/C23H32N6/c1-2-17-13-18-14-25-23(27-22(18)29(16-17)19-7-3-4-8-19)26-21-10-9-20(15-24-21)28-11-5-6-12-28/h9-10,14-16,19,22H,2-8,11-13H2,1H3,(H2,24,25,26,27). The van der Waals surface area contributed by atoms with E-state index in [2.05, 4.69) is 61.9 Å². The molecule has 1 aliphatic carbocycles. The number of nitrogens with zero attached hydrogens (tertiary/aromatic N) is 4. The van der Waals surface area contributed by atoms with Gasteiger partial charge in [0.25, 0.3) is 0 Å². The molecule has 0 bridgehead atoms. The van der Waals surface area contributed by atoms with Gasteiger partial charge in [-0.05, 0) is 56.2 Å². The van der Waals surface area contributed by atoms with Gasteiger partial charge in [0.15, 0.2) is 0 Å². The normalized spacial score (nSPS) is 24.6. The van der Waals surface area contributed by atoms with Crippen LogP contribution in [0.1, 0.15) is 58.3 Å². The predicted molar refractivity (Wildman–Crippen MR) is 119 cm³/mol. The van der Waals surface area contributed by atoms with Crippen LogP contribution in [0.5, 0.6) is 0 Å². The molecule has 3 aliphatic heterocycles. The van der Waals surface area contributed by atoms with Crippen molar-refractivity contribution in [3.63, 3.8) is 0 Å². The zero-order valence-electron chi connectivity index (χ0n) is 17.4. The van der Waals surface area contributed by atoms with Crippen LogP contribution in [-0.2, 0) is 0 Å². The van der Waals surface area contributed by atoms with Crippen LogP contribution in [0.2, 0.25) is 0 Å². The Kier molecular flexibility index (Phi) is 5.17. The van der Waals surface area contributed by atoms with E-state index in [1.54, 1.807) is 0 Å². The van der Waals surface area contributed by atoms with E-state index in [-0.39, 0.29) is 6.17 Å². The lowest BCUT2D eigenvalue weighted by molar-refractivity contribution is 0.202. The SMILES string of the molecule is CCC1=CN(C2CCCC2)C2NC(Nc3ccc(N4CCCC4)cn3)=NC=C2C1. The molecule has 0 amide bonds. The summed E-state index contributed by atoms with van der Waals surface area (Å²) in [4.78, 5) is 14.3. The monoisotopic (exact) mass is 392 g/mol. The zero-order chi connectivity index (χ0) is 19.6. The van der Waals surface area contributed by atoms with E-state index in [1.807, 2.05) is 6.20 Å². The van der Waals surface area contributed by atoms with Gasteiger partial charge in [-0.2, -0.15) is 0 Å². The van der Waals surface area contributed by atoms with E-state index in [0.717, 1.165) is 37.7 Å². The molecule has 154 valence electrons. The van der Waals surface area contributed by atoms with Crippen molar-refractivity contribution in [3.8, 4) is 0 Å². The van der Waals surface area contributed by atoms with Gasteiger partial charge in [-0.3, -0.25) is 0 Å². The number of rotatable bonds is 4. The van der Waals surface area contributed by atoms with Crippen LogP contribution in [0.4, 0.5) is 11.5 Å². The van der Waals surface area contributed by atoms with Gasteiger partial charge < -0.3 is 20.4 Å². The number of hydrogen-bond donors (Lipinski definition) is 2. The minimum atomic E-state index is 0.206. The Balaban J connectivity index is 1.30. The molecular weight excluding hydrogens is 360 g/mol. The number of aliphatic imine (C=N–C) groups is 1. The first-order valence-corrected chi connectivity index (χ1v) is 11.3. The van der Waals surface area contributed by atoms with Crippen molar-refractivity contribution in [2.75, 3.05) is 23.3 Å². The van der Waals surface area contributed by atoms with E-state index in [1.165, 1.54) is 55.4 Å². The van der Waals surface area contributed by atoms with Gasteiger partial charge in [-0.15, -0.1) is 0 Å². The number of aromatic nitrogens is 1. The second-order valence-corrected chi connectivity index (χ2v) is 8.65. The van der Waals surface area contributed by atoms with Gasteiger partial charge >= 0.3 is 0 Å². The molecule has 4 aliphatic rings. The summed E-state index contributed by atoms with van der Waals surface area (Å²) >= 11 is 0. The highest BCUT2D eigenvalue weighted by Gasteiger charge is 2.34. The van der Waals surface area contributed by atoms with Crippen LogP contribution < -0.4 is 15.5 Å². The largest absolute Gasteiger partial charge is 0.370 e. The van der Waals surface area contributed by atoms with Crippen molar-refractivity contribution in [1.82, 2.24) is 15.2 Å². The summed E-state index contributed by atoms with van der Waals surface area (Å²) in [6.07, 6.45) is 16.6. The van der Waals surface area contributed by atoms with Gasteiger partial charge in [0, 0.05) is 31.5 Å². The Bertz CT molecular complexity index is 812. The highest BCUT2D eigenvalue weighted by Crippen LogP contribution is 2.34. The van der Waals surface area contributed by atoms with Gasteiger partial charge in [-0.1, -0.05) is 25.3 Å². The number of anilines is 2. The second-order valence-electron chi connectivity index (χ2n) is 8.65. The maximum atomic E-state index is 4.67. The Morgan fingerprint density at radius 1 is 1.14 bits per heavy atom. The van der Waals surface area contributed by atoms with Gasteiger partial charge in [0.1, 0.15) is 12.0 Å². The molecule has 6 nitrogen and oxygen atoms in total. The molecule has 1 atom stereocenters. The first-order valence-electron chi connectivity index (χ1n) is 11.3. The lowest BCUT2D eigenvalue weighted by atomic mass is 9.95. The fraction of sp³-hybridized carbons (Fsp3) is 0.565. The number of pyridine rings is 1. The molecule has 1 aromatic heterocycles. The third kappa shape index (κ3) is 3.85. The third-order valence-electron chi connectivity index (χ3n) is 6.71. The number of nitrogens with one attached hydrogen (secondary N) is 2. The van der Waals surface area contributed by atoms with E-state index >= 15 is 0 Å². The molecular formula is C23H32N6. The number of hydrogen-bond acceptors (Lipinski definition) is 6. The topological polar surface area (TPSA) is 55.8 Å². The van der Waals surface area contributed by atoms with Crippen molar-refractivity contribution in [1.29, 1.82) is 0 Å². The van der Waals surface area contributed by atoms with Crippen LogP contribution in [0.3, 0.4) is 0 Å². The molecule has 5 rings (SSSR count). The third-order valence-corrected chi connectivity index (χ3v) is 6.71. The summed E-state index contributed by atoms with van der Waals surface area (Å²) in [7, 11) is 0. The van der Waals surface area contributed by atoms with Gasteiger partial charge in [0.05, 0.1) is 11.9 Å². The molecule has 4 heterocycles. The molecule has 1 saturated heterocycles. The fourth-order valence-electron chi connectivity index (χ4n) is 5.03. The van der Waals surface area contributed by atoms with Crippen LogP contribution in [-0.4, -0.2) is 41.1 Å². The molecule has 29 heavy (non-hydrogen) atoms. The molecule has 0 spiro atoms. The maximum absolute atomic E-state index is 4.67. The summed E-state index contributed by atoms with van der Waals surface area (Å²) in [6, 6.07) is 4.85. The minimum absolute atomic E-state index is 0.206. The number of fused-ring (bicyclic) bond motifs is 1. The quantitative estimate of drug-likeness (QED) is 0.804. The second kappa shape index (κ2) is 8.09. The Labute approximate surface area is 173 Å². The van der Waals surface area contributed by atoms with E-state index in [4.69, 9.17) is 0 Å². The van der Waals surface area contributed by atoms with Gasteiger partial charge in [-0.25, -0.2) is 9.98 Å². The molecule has 1 aromatic rings. The van der Waals surface area contributed by atoms with Crippen molar-refractivity contribution < 1.29 is 0 Å². The molecule has 2 N–H and O–H groups in total. The number of allylic oxidation sites excluding steroid dienone is 1. The Hall–Kier alpha value is -2.50. The van der Waals surface area contributed by atoms with Crippen molar-refractivity contribution in [2.24, 2.45) is 4.99 Å². The summed E-state index contributed by atoms with van der Waals surface area (Å²) in [5.74, 6) is 1.63. The molecule has 0 radical (unpaired) electrons. The lowest BCUT2D eigenvalue weighted by Crippen LogP contribution is -2.54. The summed E-state index contributed by atoms with van der Waals surface area (Å²) in [5, 5.41) is 7.03. The van der Waals surface area contributed by atoms with Crippen molar-refractivity contribution in [2.45, 2.75) is 70.5 Å².